The molecule has 3 aromatic rings. The second-order valence-corrected chi connectivity index (χ2v) is 5.81. The molecule has 0 radical (unpaired) electrons. The molecule has 0 bridgehead atoms. The molecule has 3 rings (SSSR count). The van der Waals surface area contributed by atoms with Crippen molar-refractivity contribution in [2.24, 2.45) is 0 Å². The van der Waals surface area contributed by atoms with Gasteiger partial charge in [0.15, 0.2) is 11.5 Å². The third kappa shape index (κ3) is 3.46. The highest BCUT2D eigenvalue weighted by atomic mass is 16.5. The van der Waals surface area contributed by atoms with Gasteiger partial charge in [0, 0.05) is 29.8 Å². The highest BCUT2D eigenvalue weighted by Crippen LogP contribution is 2.40. The van der Waals surface area contributed by atoms with Crippen LogP contribution in [0.15, 0.2) is 24.2 Å². The van der Waals surface area contributed by atoms with E-state index in [9.17, 15) is 0 Å². The van der Waals surface area contributed by atoms with Crippen molar-refractivity contribution < 1.29 is 17.0 Å². The van der Waals surface area contributed by atoms with E-state index in [2.05, 4.69) is 15.3 Å². The van der Waals surface area contributed by atoms with Crippen molar-refractivity contribution in [3.63, 3.8) is 0 Å². The smallest absolute Gasteiger partial charge is 0.222 e. The number of aryl methyl sites for hydroxylation is 1. The quantitative estimate of drug-likeness (QED) is 0.605. The Kier molecular flexibility index (Phi) is 4.36. The van der Waals surface area contributed by atoms with Gasteiger partial charge in [0.2, 0.25) is 11.7 Å². The molecule has 27 heavy (non-hydrogen) atoms. The van der Waals surface area contributed by atoms with Crippen LogP contribution in [-0.2, 0) is 6.54 Å². The maximum absolute atomic E-state index is 8.41. The van der Waals surface area contributed by atoms with Crippen LogP contribution in [0.2, 0.25) is 0 Å². The molecule has 0 saturated heterocycles. The first-order valence-corrected chi connectivity index (χ1v) is 8.17. The minimum Gasteiger partial charge on any atom is -0.493 e. The van der Waals surface area contributed by atoms with E-state index in [1.54, 1.807) is 12.1 Å². The Hall–Kier alpha value is -3.42. The number of ether oxygens (including phenoxy) is 3. The third-order valence-corrected chi connectivity index (χ3v) is 4.25. The van der Waals surface area contributed by atoms with Crippen molar-refractivity contribution in [3.8, 4) is 17.2 Å². The summed E-state index contributed by atoms with van der Waals surface area (Å²) in [6.45, 7) is 2.09. The second kappa shape index (κ2) is 7.45. The molecular weight excluding hydrogens is 346 g/mol. The van der Waals surface area contributed by atoms with Gasteiger partial charge in [-0.3, -0.25) is 0 Å². The van der Waals surface area contributed by atoms with E-state index in [4.69, 9.17) is 28.4 Å². The van der Waals surface area contributed by atoms with Crippen molar-refractivity contribution in [3.05, 3.63) is 35.3 Å². The van der Waals surface area contributed by atoms with Crippen LogP contribution in [0.1, 0.15) is 13.9 Å². The van der Waals surface area contributed by atoms with Crippen LogP contribution in [0.5, 0.6) is 17.2 Å². The second-order valence-electron chi connectivity index (χ2n) is 5.81. The lowest BCUT2D eigenvalue weighted by atomic mass is 10.0. The molecule has 8 nitrogen and oxygen atoms in total. The normalized spacial score (nSPS) is 11.7. The fourth-order valence-corrected chi connectivity index (χ4v) is 2.89. The summed E-state index contributed by atoms with van der Waals surface area (Å²) in [7, 11) is 4.61. The van der Waals surface area contributed by atoms with Gasteiger partial charge >= 0.3 is 0 Å². The summed E-state index contributed by atoms with van der Waals surface area (Å²) in [5.41, 5.74) is 14.0. The molecule has 0 atom stereocenters. The largest absolute Gasteiger partial charge is 0.493 e. The number of nitrogens with zero attached hydrogens (tertiary/aromatic N) is 2. The average molecular weight is 371 g/mol. The Morgan fingerprint density at radius 2 is 1.70 bits per heavy atom. The van der Waals surface area contributed by atoms with Crippen molar-refractivity contribution in [2.45, 2.75) is 13.5 Å². The highest BCUT2D eigenvalue weighted by molar-refractivity contribution is 5.92. The number of hydrogen-bond acceptors (Lipinski definition) is 8. The van der Waals surface area contributed by atoms with Crippen LogP contribution in [-0.4, -0.2) is 31.3 Å². The van der Waals surface area contributed by atoms with Crippen molar-refractivity contribution in [1.82, 2.24) is 9.97 Å². The number of rotatable bonds is 6. The Balaban J connectivity index is 2.04. The van der Waals surface area contributed by atoms with E-state index in [0.717, 1.165) is 5.56 Å². The lowest BCUT2D eigenvalue weighted by Crippen LogP contribution is -2.06. The number of fused-ring (bicyclic) bond motifs is 1. The van der Waals surface area contributed by atoms with E-state index in [-0.39, 0.29) is 35.9 Å². The number of aromatic nitrogens is 2. The van der Waals surface area contributed by atoms with E-state index in [1.807, 2.05) is 6.92 Å². The standard InChI is InChI=1S/C19H23N5O3/c1-10-11(5-6-13-16(10)18(20)24-19(21)23-13)9-22-12-7-14(25-2)17(27-4)15(8-12)26-3/h5-8,22H,9H2,1-4H3,(H4,20,21,23,24)/i5D,6D. The first-order valence-electron chi connectivity index (χ1n) is 9.17. The van der Waals surface area contributed by atoms with Gasteiger partial charge in [0.25, 0.3) is 0 Å². The predicted octanol–water partition coefficient (Wildman–Crippen LogP) is 2.74. The molecule has 5 N–H and O–H groups in total. The van der Waals surface area contributed by atoms with Gasteiger partial charge in [-0.25, -0.2) is 4.98 Å². The van der Waals surface area contributed by atoms with Gasteiger partial charge in [-0.1, -0.05) is 6.04 Å². The summed E-state index contributed by atoms with van der Waals surface area (Å²) in [5, 5.41) is 3.77. The van der Waals surface area contributed by atoms with Gasteiger partial charge < -0.3 is 31.0 Å². The Morgan fingerprint density at radius 3 is 2.30 bits per heavy atom. The van der Waals surface area contributed by atoms with Gasteiger partial charge in [-0.05, 0) is 24.1 Å². The summed E-state index contributed by atoms with van der Waals surface area (Å²) >= 11 is 0. The van der Waals surface area contributed by atoms with Crippen LogP contribution >= 0.6 is 0 Å². The van der Waals surface area contributed by atoms with Gasteiger partial charge in [-0.2, -0.15) is 4.98 Å². The number of methoxy groups -OCH3 is 3. The molecule has 2 aromatic carbocycles. The van der Waals surface area contributed by atoms with Crippen LogP contribution in [0.4, 0.5) is 17.5 Å². The molecule has 0 amide bonds. The topological polar surface area (TPSA) is 118 Å². The minimum atomic E-state index is -0.0481. The van der Waals surface area contributed by atoms with Gasteiger partial charge in [0.1, 0.15) is 5.82 Å². The maximum Gasteiger partial charge on any atom is 0.222 e. The van der Waals surface area contributed by atoms with Crippen molar-refractivity contribution in [1.29, 1.82) is 0 Å². The predicted molar refractivity (Wildman–Crippen MR) is 107 cm³/mol. The summed E-state index contributed by atoms with van der Waals surface area (Å²) in [6.07, 6.45) is 0. The van der Waals surface area contributed by atoms with Crippen LogP contribution < -0.4 is 31.0 Å². The van der Waals surface area contributed by atoms with Crippen molar-refractivity contribution in [2.75, 3.05) is 38.1 Å². The fourth-order valence-electron chi connectivity index (χ4n) is 2.89. The van der Waals surface area contributed by atoms with E-state index in [0.29, 0.717) is 33.9 Å². The summed E-state index contributed by atoms with van der Waals surface area (Å²) in [6, 6.07) is 3.53. The van der Waals surface area contributed by atoms with Gasteiger partial charge in [0.05, 0.1) is 29.6 Å². The average Bonchev–Trinajstić information content (AvgIpc) is 2.70. The molecule has 1 aromatic heterocycles. The number of hydrogen-bond donors (Lipinski definition) is 3. The Morgan fingerprint density at radius 1 is 1.04 bits per heavy atom. The zero-order valence-corrected chi connectivity index (χ0v) is 15.6. The molecule has 0 unspecified atom stereocenters. The lowest BCUT2D eigenvalue weighted by molar-refractivity contribution is 0.324. The Bertz CT molecular complexity index is 1070. The summed E-state index contributed by atoms with van der Waals surface area (Å²) in [5.74, 6) is 1.66. The lowest BCUT2D eigenvalue weighted by Gasteiger charge is -2.16. The van der Waals surface area contributed by atoms with Crippen molar-refractivity contribution >= 4 is 28.4 Å². The molecule has 0 saturated carbocycles. The molecule has 0 aliphatic rings. The number of anilines is 3. The van der Waals surface area contributed by atoms with Gasteiger partial charge in [-0.15, -0.1) is 0 Å². The van der Waals surface area contributed by atoms with Crippen LogP contribution in [0.25, 0.3) is 10.9 Å². The molecule has 0 aliphatic heterocycles. The highest BCUT2D eigenvalue weighted by Gasteiger charge is 2.14. The number of nitrogens with two attached hydrogens (primary N) is 2. The molecular formula is C19H23N5O3. The molecule has 142 valence electrons. The van der Waals surface area contributed by atoms with E-state index < -0.39 is 0 Å². The number of nitrogens with one attached hydrogen (secondary N) is 1. The molecule has 8 heteroatoms. The molecule has 0 fully saturated rings. The molecule has 0 aliphatic carbocycles. The first-order chi connectivity index (χ1) is 13.8. The third-order valence-electron chi connectivity index (χ3n) is 4.25. The fraction of sp³-hybridized carbons (Fsp3) is 0.263. The van der Waals surface area contributed by atoms with E-state index >= 15 is 0 Å². The maximum atomic E-state index is 8.41. The SMILES string of the molecule is [2H]c1c(CNc2cc(OC)c(OC)c(OC)c2)c(C)c2c(N)nc(N)nc2c1[2H]. The van der Waals surface area contributed by atoms with Crippen LogP contribution in [0, 0.1) is 6.92 Å². The number of benzene rings is 2. The summed E-state index contributed by atoms with van der Waals surface area (Å²) < 4.78 is 32.8. The van der Waals surface area contributed by atoms with E-state index in [1.165, 1.54) is 21.3 Å². The zero-order valence-electron chi connectivity index (χ0n) is 17.6. The molecule has 0 spiro atoms. The monoisotopic (exact) mass is 371 g/mol. The zero-order chi connectivity index (χ0) is 21.3. The minimum absolute atomic E-state index is 0.0226. The van der Waals surface area contributed by atoms with Crippen LogP contribution in [0.3, 0.4) is 0 Å². The molecule has 1 heterocycles. The number of nitrogen functional groups attached to an aromatic ring is 2. The first kappa shape index (κ1) is 15.8. The summed E-state index contributed by atoms with van der Waals surface area (Å²) in [4.78, 5) is 8.08. The Labute approximate surface area is 160 Å².